The lowest BCUT2D eigenvalue weighted by atomic mass is 9.82. The Hall–Kier alpha value is -0.650. The highest BCUT2D eigenvalue weighted by atomic mass is 19.3. The quantitative estimate of drug-likeness (QED) is 0.565. The molecule has 2 unspecified atom stereocenters. The van der Waals surface area contributed by atoms with Gasteiger partial charge in [-0.2, -0.15) is 0 Å². The Kier molecular flexibility index (Phi) is 3.46. The number of alkyl halides is 2. The van der Waals surface area contributed by atoms with Crippen LogP contribution in [0.2, 0.25) is 0 Å². The van der Waals surface area contributed by atoms with Gasteiger partial charge in [0, 0.05) is 11.8 Å². The predicted molar refractivity (Wildman–Crippen MR) is 42.9 cm³/mol. The third-order valence-corrected chi connectivity index (χ3v) is 2.53. The first kappa shape index (κ1) is 9.44. The van der Waals surface area contributed by atoms with E-state index >= 15 is 0 Å². The minimum absolute atomic E-state index is 0.232. The third-order valence-electron chi connectivity index (χ3n) is 2.53. The van der Waals surface area contributed by atoms with Gasteiger partial charge >= 0.3 is 0 Å². The Morgan fingerprint density at radius 3 is 2.75 bits per heavy atom. The van der Waals surface area contributed by atoms with Crippen LogP contribution in [0.5, 0.6) is 0 Å². The molecule has 0 saturated heterocycles. The van der Waals surface area contributed by atoms with Crippen LogP contribution in [-0.2, 0) is 0 Å². The maximum atomic E-state index is 12.3. The summed E-state index contributed by atoms with van der Waals surface area (Å²) in [5.41, 5.74) is 0. The molecule has 0 amide bonds. The summed E-state index contributed by atoms with van der Waals surface area (Å²) in [5, 5.41) is 0. The van der Waals surface area contributed by atoms with E-state index < -0.39 is 12.3 Å². The van der Waals surface area contributed by atoms with Crippen molar-refractivity contribution < 1.29 is 8.78 Å². The highest BCUT2D eigenvalue weighted by Gasteiger charge is 2.29. The van der Waals surface area contributed by atoms with Crippen molar-refractivity contribution >= 4 is 0 Å². The molecule has 0 N–H and O–H groups in total. The Morgan fingerprint density at radius 2 is 2.17 bits per heavy atom. The molecule has 3 heteroatoms. The second-order valence-electron chi connectivity index (χ2n) is 3.47. The minimum Gasteiger partial charge on any atom is -0.317 e. The zero-order chi connectivity index (χ0) is 8.97. The summed E-state index contributed by atoms with van der Waals surface area (Å²) in [7, 11) is 0. The van der Waals surface area contributed by atoms with Crippen molar-refractivity contribution in [1.82, 2.24) is 0 Å². The molecule has 1 saturated carbocycles. The normalized spacial score (nSPS) is 30.2. The van der Waals surface area contributed by atoms with E-state index in [1.807, 2.05) is 0 Å². The van der Waals surface area contributed by atoms with E-state index in [4.69, 9.17) is 6.57 Å². The van der Waals surface area contributed by atoms with Gasteiger partial charge in [0.15, 0.2) is 0 Å². The van der Waals surface area contributed by atoms with Crippen molar-refractivity contribution in [3.63, 3.8) is 0 Å². The van der Waals surface area contributed by atoms with Gasteiger partial charge in [0.1, 0.15) is 0 Å². The minimum atomic E-state index is -2.18. The van der Waals surface area contributed by atoms with E-state index in [-0.39, 0.29) is 5.92 Å². The topological polar surface area (TPSA) is 4.36 Å². The van der Waals surface area contributed by atoms with Crippen LogP contribution in [0, 0.1) is 18.4 Å². The highest BCUT2D eigenvalue weighted by molar-refractivity contribution is 4.79. The van der Waals surface area contributed by atoms with Gasteiger partial charge in [-0.05, 0) is 19.3 Å². The number of hydrogen-bond donors (Lipinski definition) is 0. The van der Waals surface area contributed by atoms with Gasteiger partial charge in [0.2, 0.25) is 13.0 Å². The van der Waals surface area contributed by atoms with Gasteiger partial charge in [-0.3, -0.25) is 0 Å². The fraction of sp³-hybridized carbons (Fsp3) is 0.889. The molecule has 2 atom stereocenters. The number of nitrogens with zero attached hydrogens (tertiary/aromatic N) is 1. The Labute approximate surface area is 71.6 Å². The van der Waals surface area contributed by atoms with Gasteiger partial charge in [0.25, 0.3) is 0 Å². The fourth-order valence-corrected chi connectivity index (χ4v) is 1.86. The summed E-state index contributed by atoms with van der Waals surface area (Å²) in [4.78, 5) is 3.26. The largest absolute Gasteiger partial charge is 0.317 e. The summed E-state index contributed by atoms with van der Waals surface area (Å²) < 4.78 is 24.5. The molecule has 0 aliphatic heterocycles. The van der Waals surface area contributed by atoms with Crippen molar-refractivity contribution in [2.75, 3.05) is 6.54 Å². The molecule has 1 nitrogen and oxygen atoms in total. The van der Waals surface area contributed by atoms with E-state index in [1.165, 1.54) is 0 Å². The molecule has 0 bridgehead atoms. The molecule has 1 rings (SSSR count). The molecule has 0 aromatic carbocycles. The summed E-state index contributed by atoms with van der Waals surface area (Å²) in [6.45, 7) is 7.08. The zero-order valence-corrected chi connectivity index (χ0v) is 6.97. The molecule has 68 valence electrons. The average Bonchev–Trinajstić information content (AvgIpc) is 2.05. The second-order valence-corrected chi connectivity index (χ2v) is 3.47. The van der Waals surface area contributed by atoms with Crippen LogP contribution >= 0.6 is 0 Å². The average molecular weight is 173 g/mol. The van der Waals surface area contributed by atoms with Crippen LogP contribution in [0.25, 0.3) is 4.85 Å². The zero-order valence-electron chi connectivity index (χ0n) is 6.97. The maximum absolute atomic E-state index is 12.3. The van der Waals surface area contributed by atoms with Crippen molar-refractivity contribution in [1.29, 1.82) is 0 Å². The van der Waals surface area contributed by atoms with Crippen LogP contribution in [-0.4, -0.2) is 13.0 Å². The smallest absolute Gasteiger partial charge is 0.241 e. The standard InChI is InChI=1S/C9H13F2N/c1-12-6-7-3-2-4-8(5-7)9(10)11/h7-9H,2-6H2. The lowest BCUT2D eigenvalue weighted by molar-refractivity contribution is 0.0441. The summed E-state index contributed by atoms with van der Waals surface area (Å²) in [6, 6.07) is 0. The van der Waals surface area contributed by atoms with Crippen LogP contribution in [0.15, 0.2) is 0 Å². The van der Waals surface area contributed by atoms with Crippen LogP contribution in [0.3, 0.4) is 0 Å². The molecule has 0 spiro atoms. The third kappa shape index (κ3) is 2.44. The Balaban J connectivity index is 2.36. The molecule has 12 heavy (non-hydrogen) atoms. The summed E-state index contributed by atoms with van der Waals surface area (Å²) in [6.07, 6.45) is 0.853. The summed E-state index contributed by atoms with van der Waals surface area (Å²) >= 11 is 0. The van der Waals surface area contributed by atoms with Crippen molar-refractivity contribution in [2.24, 2.45) is 11.8 Å². The predicted octanol–water partition coefficient (Wildman–Crippen LogP) is 2.98. The molecule has 1 aliphatic carbocycles. The monoisotopic (exact) mass is 173 g/mol. The molecule has 0 aromatic rings. The number of hydrogen-bond acceptors (Lipinski definition) is 0. The van der Waals surface area contributed by atoms with Crippen molar-refractivity contribution in [3.05, 3.63) is 11.4 Å². The van der Waals surface area contributed by atoms with Gasteiger partial charge in [-0.25, -0.2) is 15.4 Å². The molecule has 0 radical (unpaired) electrons. The van der Waals surface area contributed by atoms with E-state index in [0.717, 1.165) is 12.8 Å². The summed E-state index contributed by atoms with van der Waals surface area (Å²) in [5.74, 6) is -0.208. The van der Waals surface area contributed by atoms with Crippen molar-refractivity contribution in [2.45, 2.75) is 32.1 Å². The van der Waals surface area contributed by atoms with Gasteiger partial charge in [-0.1, -0.05) is 6.42 Å². The van der Waals surface area contributed by atoms with Crippen LogP contribution < -0.4 is 0 Å². The molecule has 1 aliphatic rings. The Morgan fingerprint density at radius 1 is 1.42 bits per heavy atom. The lowest BCUT2D eigenvalue weighted by Crippen LogP contribution is -2.22. The van der Waals surface area contributed by atoms with E-state index in [2.05, 4.69) is 4.85 Å². The van der Waals surface area contributed by atoms with Crippen molar-refractivity contribution in [3.8, 4) is 0 Å². The first-order valence-corrected chi connectivity index (χ1v) is 4.35. The first-order chi connectivity index (χ1) is 5.74. The SMILES string of the molecule is [C-]#[N+]CC1CCCC(C(F)F)C1. The first-order valence-electron chi connectivity index (χ1n) is 4.35. The molecular weight excluding hydrogens is 160 g/mol. The molecule has 0 aromatic heterocycles. The van der Waals surface area contributed by atoms with Gasteiger partial charge < -0.3 is 4.85 Å². The van der Waals surface area contributed by atoms with Gasteiger partial charge in [0.05, 0.1) is 0 Å². The number of halogens is 2. The van der Waals surface area contributed by atoms with Crippen LogP contribution in [0.1, 0.15) is 25.7 Å². The fourth-order valence-electron chi connectivity index (χ4n) is 1.86. The Bertz CT molecular complexity index is 174. The van der Waals surface area contributed by atoms with Crippen LogP contribution in [0.4, 0.5) is 8.78 Å². The van der Waals surface area contributed by atoms with E-state index in [9.17, 15) is 8.78 Å². The molecular formula is C9H13F2N. The molecule has 0 heterocycles. The highest BCUT2D eigenvalue weighted by Crippen LogP contribution is 2.32. The van der Waals surface area contributed by atoms with Gasteiger partial charge in [-0.15, -0.1) is 0 Å². The van der Waals surface area contributed by atoms with E-state index in [0.29, 0.717) is 19.4 Å². The molecule has 1 fully saturated rings. The van der Waals surface area contributed by atoms with E-state index in [1.54, 1.807) is 0 Å². The lowest BCUT2D eigenvalue weighted by Gasteiger charge is -2.25. The maximum Gasteiger partial charge on any atom is 0.241 e. The number of rotatable bonds is 2. The second kappa shape index (κ2) is 4.39.